The van der Waals surface area contributed by atoms with Gasteiger partial charge in [-0.1, -0.05) is 103 Å². The largest absolute Gasteiger partial charge is 0.308 e. The van der Waals surface area contributed by atoms with Crippen molar-refractivity contribution in [1.29, 1.82) is 0 Å². The first-order chi connectivity index (χ1) is 22.4. The molecule has 1 aliphatic rings. The highest BCUT2D eigenvalue weighted by Crippen LogP contribution is 2.50. The van der Waals surface area contributed by atoms with Crippen molar-refractivity contribution in [1.82, 2.24) is 14.5 Å². The Morgan fingerprint density at radius 1 is 0.422 bits per heavy atom. The lowest BCUT2D eigenvalue weighted by molar-refractivity contribution is 1.20. The lowest BCUT2D eigenvalue weighted by Crippen LogP contribution is -2.00. The maximum absolute atomic E-state index is 4.84. The third-order valence-corrected chi connectivity index (χ3v) is 9.39. The molecule has 3 heterocycles. The summed E-state index contributed by atoms with van der Waals surface area (Å²) in [5.74, 6) is 0. The van der Waals surface area contributed by atoms with Crippen LogP contribution < -0.4 is 0 Å². The van der Waals surface area contributed by atoms with E-state index in [1.165, 1.54) is 66.0 Å². The van der Waals surface area contributed by atoms with Gasteiger partial charge in [0.2, 0.25) is 0 Å². The lowest BCUT2D eigenvalue weighted by atomic mass is 9.85. The third-order valence-electron chi connectivity index (χ3n) is 9.39. The Morgan fingerprint density at radius 2 is 1.04 bits per heavy atom. The molecule has 6 aromatic carbocycles. The monoisotopic (exact) mass is 571 g/mol. The van der Waals surface area contributed by atoms with Crippen LogP contribution in [0.25, 0.3) is 71.2 Å². The molecule has 9 aromatic rings. The molecule has 0 saturated heterocycles. The van der Waals surface area contributed by atoms with Crippen molar-refractivity contribution >= 4 is 65.5 Å². The summed E-state index contributed by atoms with van der Waals surface area (Å²) in [6.45, 7) is 0. The molecule has 0 radical (unpaired) electrons. The van der Waals surface area contributed by atoms with E-state index in [9.17, 15) is 0 Å². The fraction of sp³-hybridized carbons (Fsp3) is 0. The zero-order valence-electron chi connectivity index (χ0n) is 24.3. The number of hydrogen-bond donors (Lipinski definition) is 0. The number of benzene rings is 6. The second-order valence-electron chi connectivity index (χ2n) is 11.8. The lowest BCUT2D eigenvalue weighted by Gasteiger charge is -2.19. The number of pyridine rings is 2. The van der Waals surface area contributed by atoms with Crippen LogP contribution in [0.15, 0.2) is 152 Å². The Kier molecular flexibility index (Phi) is 5.00. The Bertz CT molecular complexity index is 2680. The molecule has 0 bridgehead atoms. The standard InChI is InChI=1S/C42H25N3/c1-3-11-26(12-4-1)36-31-17-7-15-28-21-22-34-40(38(28)31)39-32(37(36)27-13-5-2-6-14-27)18-8-20-33(39)45(34)35-25-29-16-9-23-43-41(29)42-30(35)19-10-24-44-42/h1-25H. The van der Waals surface area contributed by atoms with Crippen LogP contribution in [0.5, 0.6) is 0 Å². The Morgan fingerprint density at radius 3 is 1.80 bits per heavy atom. The number of rotatable bonds is 3. The zero-order valence-corrected chi connectivity index (χ0v) is 24.3. The van der Waals surface area contributed by atoms with Gasteiger partial charge in [0.05, 0.1) is 27.8 Å². The number of nitrogens with zero attached hydrogens (tertiary/aromatic N) is 3. The van der Waals surface area contributed by atoms with Crippen LogP contribution in [0.3, 0.4) is 0 Å². The molecule has 45 heavy (non-hydrogen) atoms. The summed E-state index contributed by atoms with van der Waals surface area (Å²) in [7, 11) is 0. The first kappa shape index (κ1) is 24.4. The fourth-order valence-electron chi connectivity index (χ4n) is 7.62. The van der Waals surface area contributed by atoms with Gasteiger partial charge in [0, 0.05) is 33.9 Å². The molecule has 208 valence electrons. The van der Waals surface area contributed by atoms with Crippen LogP contribution in [-0.4, -0.2) is 14.5 Å². The maximum Gasteiger partial charge on any atom is 0.0985 e. The highest BCUT2D eigenvalue weighted by atomic mass is 15.0. The van der Waals surface area contributed by atoms with Gasteiger partial charge < -0.3 is 4.57 Å². The van der Waals surface area contributed by atoms with E-state index in [4.69, 9.17) is 9.97 Å². The van der Waals surface area contributed by atoms with Gasteiger partial charge >= 0.3 is 0 Å². The Balaban J connectivity index is 1.46. The third kappa shape index (κ3) is 3.35. The van der Waals surface area contributed by atoms with E-state index in [2.05, 4.69) is 132 Å². The molecule has 0 spiro atoms. The van der Waals surface area contributed by atoms with Gasteiger partial charge in [0.25, 0.3) is 0 Å². The van der Waals surface area contributed by atoms with Gasteiger partial charge in [-0.15, -0.1) is 0 Å². The number of aromatic nitrogens is 3. The SMILES string of the molecule is c1ccc(C2=C(c3ccccc3)c3cccc4c3c3c5c2cccc5ccc3n4-c2cc3cccnc3c3ncccc23)cc1. The second kappa shape index (κ2) is 9.22. The van der Waals surface area contributed by atoms with Gasteiger partial charge in [-0.25, -0.2) is 0 Å². The average Bonchev–Trinajstić information content (AvgIpc) is 3.38. The van der Waals surface area contributed by atoms with Crippen LogP contribution in [0.4, 0.5) is 0 Å². The summed E-state index contributed by atoms with van der Waals surface area (Å²) in [6.07, 6.45) is 3.72. The second-order valence-corrected chi connectivity index (χ2v) is 11.8. The predicted octanol–water partition coefficient (Wildman–Crippen LogP) is 10.4. The molecule has 0 atom stereocenters. The quantitative estimate of drug-likeness (QED) is 0.198. The minimum atomic E-state index is 0.918. The molecule has 0 N–H and O–H groups in total. The van der Waals surface area contributed by atoms with E-state index >= 15 is 0 Å². The molecule has 0 saturated carbocycles. The molecule has 0 aliphatic heterocycles. The Labute approximate surface area is 259 Å². The van der Waals surface area contributed by atoms with Gasteiger partial charge in [0.15, 0.2) is 0 Å². The number of hydrogen-bond acceptors (Lipinski definition) is 2. The average molecular weight is 572 g/mol. The van der Waals surface area contributed by atoms with Crippen molar-refractivity contribution in [3.8, 4) is 5.69 Å². The molecule has 10 rings (SSSR count). The highest BCUT2D eigenvalue weighted by molar-refractivity contribution is 6.31. The molecule has 3 nitrogen and oxygen atoms in total. The molecule has 3 aromatic heterocycles. The predicted molar refractivity (Wildman–Crippen MR) is 187 cm³/mol. The van der Waals surface area contributed by atoms with Crippen LogP contribution in [0.1, 0.15) is 22.3 Å². The van der Waals surface area contributed by atoms with Crippen molar-refractivity contribution in [2.75, 3.05) is 0 Å². The maximum atomic E-state index is 4.84. The first-order valence-corrected chi connectivity index (χ1v) is 15.3. The van der Waals surface area contributed by atoms with Gasteiger partial charge in [0.1, 0.15) is 0 Å². The molecular weight excluding hydrogens is 546 g/mol. The molecular formula is C42H25N3. The van der Waals surface area contributed by atoms with Crippen LogP contribution in [0, 0.1) is 0 Å². The molecule has 0 unspecified atom stereocenters. The fourth-order valence-corrected chi connectivity index (χ4v) is 7.62. The topological polar surface area (TPSA) is 30.7 Å². The summed E-state index contributed by atoms with van der Waals surface area (Å²) < 4.78 is 2.46. The minimum absolute atomic E-state index is 0.918. The van der Waals surface area contributed by atoms with E-state index < -0.39 is 0 Å². The van der Waals surface area contributed by atoms with Crippen LogP contribution >= 0.6 is 0 Å². The van der Waals surface area contributed by atoms with Crippen LogP contribution in [0.2, 0.25) is 0 Å². The van der Waals surface area contributed by atoms with Crippen LogP contribution in [-0.2, 0) is 0 Å². The van der Waals surface area contributed by atoms with Gasteiger partial charge in [-0.2, -0.15) is 0 Å². The summed E-state index contributed by atoms with van der Waals surface area (Å²) in [5, 5.41) is 7.26. The van der Waals surface area contributed by atoms with Gasteiger partial charge in [-0.3, -0.25) is 9.97 Å². The van der Waals surface area contributed by atoms with Crippen molar-refractivity contribution in [2.24, 2.45) is 0 Å². The number of fused-ring (bicyclic) bond motifs is 3. The normalized spacial score (nSPS) is 12.8. The zero-order chi connectivity index (χ0) is 29.5. The summed E-state index contributed by atoms with van der Waals surface area (Å²) in [5.41, 5.74) is 12.8. The van der Waals surface area contributed by atoms with E-state index in [0.717, 1.165) is 27.5 Å². The smallest absolute Gasteiger partial charge is 0.0985 e. The van der Waals surface area contributed by atoms with E-state index in [1.807, 2.05) is 24.5 Å². The summed E-state index contributed by atoms with van der Waals surface area (Å²) in [6, 6.07) is 50.5. The molecule has 3 heteroatoms. The summed E-state index contributed by atoms with van der Waals surface area (Å²) >= 11 is 0. The minimum Gasteiger partial charge on any atom is -0.308 e. The van der Waals surface area contributed by atoms with Crippen molar-refractivity contribution in [3.63, 3.8) is 0 Å². The van der Waals surface area contributed by atoms with Crippen molar-refractivity contribution in [2.45, 2.75) is 0 Å². The van der Waals surface area contributed by atoms with E-state index in [1.54, 1.807) is 0 Å². The van der Waals surface area contributed by atoms with Gasteiger partial charge in [-0.05, 0) is 80.6 Å². The van der Waals surface area contributed by atoms with Crippen molar-refractivity contribution < 1.29 is 0 Å². The summed E-state index contributed by atoms with van der Waals surface area (Å²) in [4.78, 5) is 9.58. The van der Waals surface area contributed by atoms with E-state index in [-0.39, 0.29) is 0 Å². The highest BCUT2D eigenvalue weighted by Gasteiger charge is 2.28. The molecule has 1 aliphatic carbocycles. The molecule has 0 amide bonds. The Hall–Kier alpha value is -6.06. The van der Waals surface area contributed by atoms with Crippen molar-refractivity contribution in [3.05, 3.63) is 174 Å². The van der Waals surface area contributed by atoms with E-state index in [0.29, 0.717) is 0 Å². The first-order valence-electron chi connectivity index (χ1n) is 15.3. The molecule has 0 fully saturated rings.